The Morgan fingerprint density at radius 2 is 1.75 bits per heavy atom. The van der Waals surface area contributed by atoms with Crippen LogP contribution >= 0.6 is 0 Å². The number of hydrogen-bond donors (Lipinski definition) is 1. The lowest BCUT2D eigenvalue weighted by atomic mass is 9.96. The number of methoxy groups -OCH3 is 1. The van der Waals surface area contributed by atoms with Crippen molar-refractivity contribution in [1.82, 2.24) is 19.2 Å². The number of likely N-dealkylation sites (tertiary alicyclic amines) is 1. The first-order valence-corrected chi connectivity index (χ1v) is 15.6. The number of aryl methyl sites for hydroxylation is 3. The lowest BCUT2D eigenvalue weighted by Gasteiger charge is -2.35. The summed E-state index contributed by atoms with van der Waals surface area (Å²) in [5.74, 6) is 1.88. The van der Waals surface area contributed by atoms with Gasteiger partial charge in [0.2, 0.25) is 15.9 Å². The fourth-order valence-electron chi connectivity index (χ4n) is 6.12. The highest BCUT2D eigenvalue weighted by Crippen LogP contribution is 2.32. The van der Waals surface area contributed by atoms with E-state index in [-0.39, 0.29) is 25.2 Å². The van der Waals surface area contributed by atoms with Gasteiger partial charge in [-0.1, -0.05) is 12.5 Å². The number of imidazole rings is 1. The van der Waals surface area contributed by atoms with E-state index in [1.54, 1.807) is 37.4 Å². The zero-order chi connectivity index (χ0) is 28.4. The molecule has 2 saturated heterocycles. The predicted octanol–water partition coefficient (Wildman–Crippen LogP) is 4.46. The molecule has 1 N–H and O–H groups in total. The molecule has 2 aliphatic rings. The predicted molar refractivity (Wildman–Crippen MR) is 154 cm³/mol. The van der Waals surface area contributed by atoms with Crippen LogP contribution in [0.15, 0.2) is 35.2 Å². The van der Waals surface area contributed by atoms with Gasteiger partial charge in [-0.05, 0) is 87.4 Å². The molecule has 1 aromatic heterocycles. The van der Waals surface area contributed by atoms with Crippen molar-refractivity contribution >= 4 is 27.0 Å². The minimum Gasteiger partial charge on any atom is -0.497 e. The Labute approximate surface area is 236 Å². The lowest BCUT2D eigenvalue weighted by Crippen LogP contribution is -2.47. The van der Waals surface area contributed by atoms with E-state index >= 15 is 0 Å². The highest BCUT2D eigenvalue weighted by molar-refractivity contribution is 7.89. The first-order valence-electron chi connectivity index (χ1n) is 14.2. The standard InChI is InChI=1S/C30H40N4O5S/c1-20-8-9-26-27(15-20)32-30(31-26)23-10-13-33(14-11-23)28(35)19-39-18-24-7-5-6-12-34(24)40(36,37)29-21(2)16-25(38-4)17-22(29)3/h8-9,15-17,23-24H,5-7,10-14,18-19H2,1-4H3,(H,31,32). The molecule has 5 rings (SSSR count). The number of fused-ring (bicyclic) bond motifs is 1. The molecule has 0 radical (unpaired) electrons. The van der Waals surface area contributed by atoms with Crippen molar-refractivity contribution in [2.75, 3.05) is 40.0 Å². The molecule has 0 saturated carbocycles. The van der Waals surface area contributed by atoms with Gasteiger partial charge in [-0.15, -0.1) is 0 Å². The molecule has 3 heterocycles. The maximum absolute atomic E-state index is 13.8. The van der Waals surface area contributed by atoms with Crippen LogP contribution in [0.1, 0.15) is 60.5 Å². The molecular formula is C30H40N4O5S. The van der Waals surface area contributed by atoms with E-state index < -0.39 is 10.0 Å². The average molecular weight is 569 g/mol. The van der Waals surface area contributed by atoms with Gasteiger partial charge < -0.3 is 19.4 Å². The number of rotatable bonds is 8. The first-order chi connectivity index (χ1) is 19.2. The number of aromatic nitrogens is 2. The molecular weight excluding hydrogens is 528 g/mol. The maximum Gasteiger partial charge on any atom is 0.248 e. The normalized spacial score (nSPS) is 19.3. The highest BCUT2D eigenvalue weighted by atomic mass is 32.2. The maximum atomic E-state index is 13.8. The minimum atomic E-state index is -3.72. The Kier molecular flexibility index (Phi) is 8.49. The van der Waals surface area contributed by atoms with Gasteiger partial charge >= 0.3 is 0 Å². The van der Waals surface area contributed by atoms with Gasteiger partial charge in [-0.3, -0.25) is 4.79 Å². The lowest BCUT2D eigenvalue weighted by molar-refractivity contribution is -0.137. The molecule has 9 nitrogen and oxygen atoms in total. The topological polar surface area (TPSA) is 105 Å². The van der Waals surface area contributed by atoms with E-state index in [1.807, 2.05) is 11.0 Å². The molecule has 0 spiro atoms. The van der Waals surface area contributed by atoms with Gasteiger partial charge in [0, 0.05) is 31.6 Å². The van der Waals surface area contributed by atoms with Crippen LogP contribution in [0, 0.1) is 20.8 Å². The molecule has 216 valence electrons. The van der Waals surface area contributed by atoms with Gasteiger partial charge in [-0.25, -0.2) is 13.4 Å². The number of piperidine rings is 2. The number of carbonyl (C=O) groups excluding carboxylic acids is 1. The average Bonchev–Trinajstić information content (AvgIpc) is 3.36. The van der Waals surface area contributed by atoms with Crippen LogP contribution < -0.4 is 4.74 Å². The first kappa shape index (κ1) is 28.6. The summed E-state index contributed by atoms with van der Waals surface area (Å²) >= 11 is 0. The molecule has 1 unspecified atom stereocenters. The number of aromatic amines is 1. The van der Waals surface area contributed by atoms with Crippen molar-refractivity contribution in [2.24, 2.45) is 0 Å². The molecule has 0 aliphatic carbocycles. The summed E-state index contributed by atoms with van der Waals surface area (Å²) in [7, 11) is -2.15. The van der Waals surface area contributed by atoms with Gasteiger partial charge in [0.05, 0.1) is 29.6 Å². The van der Waals surface area contributed by atoms with E-state index in [2.05, 4.69) is 24.0 Å². The number of benzene rings is 2. The second-order valence-electron chi connectivity index (χ2n) is 11.2. The molecule has 2 aliphatic heterocycles. The zero-order valence-corrected chi connectivity index (χ0v) is 24.7. The summed E-state index contributed by atoms with van der Waals surface area (Å²) in [6.45, 7) is 7.59. The Bertz CT molecular complexity index is 1450. The van der Waals surface area contributed by atoms with Crippen molar-refractivity contribution in [3.05, 3.63) is 52.8 Å². The fraction of sp³-hybridized carbons (Fsp3) is 0.533. The SMILES string of the molecule is COc1cc(C)c(S(=O)(=O)N2CCCCC2COCC(=O)N2CCC(c3nc4ccc(C)cc4[nH]3)CC2)c(C)c1. The summed E-state index contributed by atoms with van der Waals surface area (Å²) in [6.07, 6.45) is 4.15. The van der Waals surface area contributed by atoms with Crippen LogP contribution in [-0.4, -0.2) is 79.5 Å². The van der Waals surface area contributed by atoms with E-state index in [0.29, 0.717) is 53.7 Å². The molecule has 1 atom stereocenters. The fourth-order valence-corrected chi connectivity index (χ4v) is 8.22. The number of carbonyl (C=O) groups is 1. The van der Waals surface area contributed by atoms with Crippen molar-refractivity contribution in [3.63, 3.8) is 0 Å². The van der Waals surface area contributed by atoms with Gasteiger partial charge in [0.15, 0.2) is 0 Å². The zero-order valence-electron chi connectivity index (χ0n) is 23.9. The third-order valence-electron chi connectivity index (χ3n) is 8.24. The second kappa shape index (κ2) is 11.9. The summed E-state index contributed by atoms with van der Waals surface area (Å²) in [6, 6.07) is 9.43. The Morgan fingerprint density at radius 3 is 2.45 bits per heavy atom. The van der Waals surface area contributed by atoms with Gasteiger partial charge in [-0.2, -0.15) is 4.31 Å². The largest absolute Gasteiger partial charge is 0.497 e. The Balaban J connectivity index is 1.16. The van der Waals surface area contributed by atoms with Crippen LogP contribution in [-0.2, 0) is 19.6 Å². The minimum absolute atomic E-state index is 0.0421. The number of hydrogen-bond acceptors (Lipinski definition) is 6. The van der Waals surface area contributed by atoms with E-state index in [4.69, 9.17) is 14.5 Å². The monoisotopic (exact) mass is 568 g/mol. The number of sulfonamides is 1. The number of ether oxygens (including phenoxy) is 2. The van der Waals surface area contributed by atoms with Crippen LogP contribution in [0.25, 0.3) is 11.0 Å². The van der Waals surface area contributed by atoms with E-state index in [0.717, 1.165) is 42.5 Å². The third-order valence-corrected chi connectivity index (χ3v) is 10.5. The molecule has 40 heavy (non-hydrogen) atoms. The van der Waals surface area contributed by atoms with Crippen molar-refractivity contribution in [3.8, 4) is 5.75 Å². The Hall–Kier alpha value is -2.95. The number of H-pyrrole nitrogens is 1. The third kappa shape index (κ3) is 5.89. The van der Waals surface area contributed by atoms with Gasteiger partial charge in [0.1, 0.15) is 18.2 Å². The van der Waals surface area contributed by atoms with Crippen molar-refractivity contribution < 1.29 is 22.7 Å². The van der Waals surface area contributed by atoms with Crippen LogP contribution in [0.4, 0.5) is 0 Å². The molecule has 1 amide bonds. The summed E-state index contributed by atoms with van der Waals surface area (Å²) in [5.41, 5.74) is 4.56. The number of amides is 1. The van der Waals surface area contributed by atoms with Crippen molar-refractivity contribution in [1.29, 1.82) is 0 Å². The van der Waals surface area contributed by atoms with E-state index in [9.17, 15) is 13.2 Å². The van der Waals surface area contributed by atoms with Crippen LogP contribution in [0.2, 0.25) is 0 Å². The van der Waals surface area contributed by atoms with Crippen LogP contribution in [0.5, 0.6) is 5.75 Å². The summed E-state index contributed by atoms with van der Waals surface area (Å²) in [4.78, 5) is 23.4. The molecule has 10 heteroatoms. The molecule has 2 fully saturated rings. The van der Waals surface area contributed by atoms with Gasteiger partial charge in [0.25, 0.3) is 0 Å². The highest BCUT2D eigenvalue weighted by Gasteiger charge is 2.36. The Morgan fingerprint density at radius 1 is 1.02 bits per heavy atom. The molecule has 3 aromatic rings. The summed E-state index contributed by atoms with van der Waals surface area (Å²) in [5, 5.41) is 0. The molecule has 0 bridgehead atoms. The number of nitrogens with one attached hydrogen (secondary N) is 1. The molecule has 2 aromatic carbocycles. The summed E-state index contributed by atoms with van der Waals surface area (Å²) < 4.78 is 40.3. The van der Waals surface area contributed by atoms with E-state index in [1.165, 1.54) is 5.56 Å². The smallest absolute Gasteiger partial charge is 0.248 e. The quantitative estimate of drug-likeness (QED) is 0.430. The van der Waals surface area contributed by atoms with Crippen LogP contribution in [0.3, 0.4) is 0 Å². The van der Waals surface area contributed by atoms with Crippen molar-refractivity contribution in [2.45, 2.75) is 69.7 Å². The number of nitrogens with zero attached hydrogens (tertiary/aromatic N) is 3. The second-order valence-corrected chi connectivity index (χ2v) is 13.0.